The summed E-state index contributed by atoms with van der Waals surface area (Å²) in [6.45, 7) is 12.8. The third kappa shape index (κ3) is 10.5. The van der Waals surface area contributed by atoms with Crippen molar-refractivity contribution in [1.82, 2.24) is 0 Å². The van der Waals surface area contributed by atoms with Gasteiger partial charge in [-0.05, 0) is 111 Å². The van der Waals surface area contributed by atoms with Crippen LogP contribution in [-0.2, 0) is 52.2 Å². The molecule has 0 radical (unpaired) electrons. The van der Waals surface area contributed by atoms with Crippen LogP contribution in [0.4, 0.5) is 0 Å². The van der Waals surface area contributed by atoms with Gasteiger partial charge in [-0.15, -0.1) is 0 Å². The molecule has 0 spiro atoms. The molecule has 5 aliphatic carbocycles. The zero-order valence-corrected chi connectivity index (χ0v) is 47.9. The third-order valence-corrected chi connectivity index (χ3v) is 22.5. The SMILES string of the molecule is C[C@@H]1O[C@@H](O[C@H]2[C@H](O[C@H]3CC[C@@]4(C)[C@@H](CC[C@]5(C)[C@@H]4CC=C4[C@@H]6CC(C)(C)CC[C@]6(C(=O)O)CC[C@]45C)[C@]3(C)CO)OC[C@H](O)[C@@H]2O)[C@H](O)[C@H](O[C@@H]2OC[C@@H](O[C@@H]3O[C@H](CO)[C@@H](O[C@@H]4OC[C@@H](O)[C@H](O)[C@H]4O)[C@H](O)[C@H]3O)[C@H](O)[C@H]2O)[C@H]1O. The van der Waals surface area contributed by atoms with Crippen molar-refractivity contribution in [2.24, 2.45) is 50.2 Å². The summed E-state index contributed by atoms with van der Waals surface area (Å²) in [5.74, 6) is -0.527. The second-order valence-electron chi connectivity index (χ2n) is 27.6. The average Bonchev–Trinajstić information content (AvgIpc) is 0.746. The average molecular weight is 1180 g/mol. The molecule has 5 saturated heterocycles. The predicted molar refractivity (Wildman–Crippen MR) is 278 cm³/mol. The number of fused-ring (bicyclic) bond motifs is 7. The van der Waals surface area contributed by atoms with E-state index in [0.717, 1.165) is 44.9 Å². The van der Waals surface area contributed by atoms with E-state index in [-0.39, 0.29) is 52.6 Å². The number of carboxylic acids is 1. The molecule has 25 nitrogen and oxygen atoms in total. The van der Waals surface area contributed by atoms with Crippen LogP contribution in [0.2, 0.25) is 0 Å². The fourth-order valence-electron chi connectivity index (χ4n) is 17.2. The van der Waals surface area contributed by atoms with Crippen molar-refractivity contribution in [1.29, 1.82) is 0 Å². The van der Waals surface area contributed by atoms with E-state index in [0.29, 0.717) is 19.3 Å². The molecule has 4 saturated carbocycles. The van der Waals surface area contributed by atoms with Crippen LogP contribution in [0.25, 0.3) is 0 Å². The second-order valence-corrected chi connectivity index (χ2v) is 27.6. The van der Waals surface area contributed by atoms with Gasteiger partial charge >= 0.3 is 5.97 Å². The van der Waals surface area contributed by atoms with E-state index in [9.17, 15) is 76.3 Å². The minimum absolute atomic E-state index is 0.0310. The fraction of sp³-hybridized carbons (Fsp3) is 0.947. The van der Waals surface area contributed by atoms with Crippen LogP contribution in [0.5, 0.6) is 0 Å². The summed E-state index contributed by atoms with van der Waals surface area (Å²) in [6.07, 6.45) is -26.8. The molecule has 10 aliphatic rings. The van der Waals surface area contributed by atoms with E-state index < -0.39 is 178 Å². The third-order valence-electron chi connectivity index (χ3n) is 22.5. The molecule has 5 heterocycles. The lowest BCUT2D eigenvalue weighted by Gasteiger charge is -2.71. The van der Waals surface area contributed by atoms with Gasteiger partial charge in [0.15, 0.2) is 31.5 Å². The number of hydrogen-bond donors (Lipinski definition) is 14. The number of rotatable bonds is 13. The molecule has 14 N–H and O–H groups in total. The maximum absolute atomic E-state index is 13.2. The minimum atomic E-state index is -1.96. The number of aliphatic hydroxyl groups is 13. The van der Waals surface area contributed by atoms with Gasteiger partial charge < -0.3 is 119 Å². The number of hydrogen-bond acceptors (Lipinski definition) is 24. The highest BCUT2D eigenvalue weighted by Crippen LogP contribution is 2.76. The van der Waals surface area contributed by atoms with Crippen LogP contribution in [0.3, 0.4) is 0 Å². The van der Waals surface area contributed by atoms with Gasteiger partial charge in [-0.25, -0.2) is 0 Å². The largest absolute Gasteiger partial charge is 0.481 e. The maximum Gasteiger partial charge on any atom is 0.310 e. The Kier molecular flexibility index (Phi) is 18.0. The standard InChI is InChI=1S/C57H92O25/c1-24-34(62)44(81-47-40(68)37(65)30(22-75-47)78-48-41(69)38(66)43(29(19-58)77-48)80-46-39(67)35(63)27(60)20-73-46)42(70)49(76-24)82-45-36(64)28(61)21-74-50(45)79-33-11-12-53(4)31(54(33,5)23-59)10-13-56(7)32(53)9-8-25-26-18-52(2,3)14-16-57(26,51(71)72)17-15-55(25,56)6/h8,24,26-50,58-70H,9-23H2,1-7H3,(H,71,72)/t24-,26-,27+,28-,29+,30+,31+,32+,33-,34-,35-,36-,37-,38+,39+,40+,41+,42+,43+,44+,45+,46-,47-,48-,49-,50-,53-,54-,55+,56+,57-/m0/s1. The van der Waals surface area contributed by atoms with Gasteiger partial charge in [-0.1, -0.05) is 53.2 Å². The van der Waals surface area contributed by atoms with Crippen LogP contribution >= 0.6 is 0 Å². The van der Waals surface area contributed by atoms with Crippen LogP contribution in [-0.4, -0.2) is 252 Å². The Hall–Kier alpha value is -1.71. The molecule has 10 rings (SSSR count). The number of allylic oxidation sites excluding steroid dienone is 2. The molecule has 0 aromatic heterocycles. The summed E-state index contributed by atoms with van der Waals surface area (Å²) in [7, 11) is 0. The smallest absolute Gasteiger partial charge is 0.310 e. The van der Waals surface area contributed by atoms with E-state index >= 15 is 0 Å². The summed E-state index contributed by atoms with van der Waals surface area (Å²) in [4.78, 5) is 13.2. The summed E-state index contributed by atoms with van der Waals surface area (Å²) >= 11 is 0. The van der Waals surface area contributed by atoms with Crippen molar-refractivity contribution in [3.8, 4) is 0 Å². The molecule has 0 amide bonds. The summed E-state index contributed by atoms with van der Waals surface area (Å²) in [5.41, 5.74) is -0.867. The van der Waals surface area contributed by atoms with E-state index in [2.05, 4.69) is 40.7 Å². The molecule has 0 bridgehead atoms. The number of aliphatic hydroxyl groups excluding tert-OH is 13. The lowest BCUT2D eigenvalue weighted by molar-refractivity contribution is -0.385. The van der Waals surface area contributed by atoms with Crippen molar-refractivity contribution < 1.29 is 124 Å². The molecule has 82 heavy (non-hydrogen) atoms. The van der Waals surface area contributed by atoms with Gasteiger partial charge in [0, 0.05) is 5.41 Å². The summed E-state index contributed by atoms with van der Waals surface area (Å²) in [6, 6.07) is 0. The highest BCUT2D eigenvalue weighted by Gasteiger charge is 2.70. The van der Waals surface area contributed by atoms with Crippen LogP contribution in [0.1, 0.15) is 113 Å². The Balaban J connectivity index is 0.791. The minimum Gasteiger partial charge on any atom is -0.481 e. The van der Waals surface area contributed by atoms with E-state index in [4.69, 9.17) is 47.4 Å². The number of carboxylic acid groups (broad SMARTS) is 1. The molecular weight excluding hydrogens is 1080 g/mol. The first-order valence-corrected chi connectivity index (χ1v) is 29.6. The normalized spacial score (nSPS) is 55.0. The van der Waals surface area contributed by atoms with E-state index in [1.165, 1.54) is 12.5 Å². The van der Waals surface area contributed by atoms with Crippen LogP contribution in [0.15, 0.2) is 11.6 Å². The maximum atomic E-state index is 13.2. The molecule has 25 heteroatoms. The topological polar surface area (TPSA) is 393 Å². The number of carbonyl (C=O) groups is 1. The first-order valence-electron chi connectivity index (χ1n) is 29.6. The van der Waals surface area contributed by atoms with Crippen LogP contribution < -0.4 is 0 Å². The van der Waals surface area contributed by atoms with Gasteiger partial charge in [-0.3, -0.25) is 4.79 Å². The molecule has 470 valence electrons. The Bertz CT molecular complexity index is 2280. The quantitative estimate of drug-likeness (QED) is 0.0720. The molecule has 5 aliphatic heterocycles. The van der Waals surface area contributed by atoms with Gasteiger partial charge in [0.1, 0.15) is 97.7 Å². The highest BCUT2D eigenvalue weighted by atomic mass is 16.8. The van der Waals surface area contributed by atoms with Gasteiger partial charge in [0.05, 0.1) is 50.7 Å². The zero-order valence-electron chi connectivity index (χ0n) is 47.9. The Morgan fingerprint density at radius 2 is 1.17 bits per heavy atom. The number of aliphatic carboxylic acids is 1. The Morgan fingerprint density at radius 1 is 0.573 bits per heavy atom. The van der Waals surface area contributed by atoms with E-state index in [1.54, 1.807) is 0 Å². The Morgan fingerprint density at radius 3 is 1.84 bits per heavy atom. The summed E-state index contributed by atoms with van der Waals surface area (Å²) in [5, 5.41) is 153. The van der Waals surface area contributed by atoms with Crippen LogP contribution in [0, 0.1) is 50.2 Å². The first kappa shape index (κ1) is 63.3. The first-order chi connectivity index (χ1) is 38.5. The lowest BCUT2D eigenvalue weighted by Crippen LogP contribution is -2.67. The number of ether oxygens (including phenoxy) is 10. The van der Waals surface area contributed by atoms with Crippen molar-refractivity contribution in [2.75, 3.05) is 33.0 Å². The molecule has 9 fully saturated rings. The second kappa shape index (κ2) is 23.3. The summed E-state index contributed by atoms with van der Waals surface area (Å²) < 4.78 is 59.0. The molecular formula is C57H92O25. The molecule has 0 aromatic rings. The fourth-order valence-corrected chi connectivity index (χ4v) is 17.2. The predicted octanol–water partition coefficient (Wildman–Crippen LogP) is -1.73. The van der Waals surface area contributed by atoms with Gasteiger partial charge in [-0.2, -0.15) is 0 Å². The van der Waals surface area contributed by atoms with E-state index in [1.807, 2.05) is 6.92 Å². The highest BCUT2D eigenvalue weighted by molar-refractivity contribution is 5.76. The lowest BCUT2D eigenvalue weighted by atomic mass is 9.33. The van der Waals surface area contributed by atoms with Crippen molar-refractivity contribution in [2.45, 2.75) is 254 Å². The van der Waals surface area contributed by atoms with Crippen molar-refractivity contribution in [3.63, 3.8) is 0 Å². The molecule has 0 aromatic carbocycles. The zero-order chi connectivity index (χ0) is 59.6. The monoisotopic (exact) mass is 1180 g/mol. The van der Waals surface area contributed by atoms with Crippen molar-refractivity contribution >= 4 is 5.97 Å². The molecule has 31 atom stereocenters. The Labute approximate surface area is 477 Å². The van der Waals surface area contributed by atoms with Gasteiger partial charge in [0.2, 0.25) is 0 Å². The van der Waals surface area contributed by atoms with Gasteiger partial charge in [0.25, 0.3) is 0 Å². The molecule has 0 unspecified atom stereocenters. The van der Waals surface area contributed by atoms with Crippen molar-refractivity contribution in [3.05, 3.63) is 11.6 Å².